The average molecular weight is 886 g/mol. The third-order valence-corrected chi connectivity index (χ3v) is 19.2. The summed E-state index contributed by atoms with van der Waals surface area (Å²) in [5.41, 5.74) is 2.31. The second-order valence-corrected chi connectivity index (χ2v) is 24.0. The van der Waals surface area contributed by atoms with E-state index in [1.165, 1.54) is 4.90 Å². The van der Waals surface area contributed by atoms with Gasteiger partial charge in [0.25, 0.3) is 0 Å². The van der Waals surface area contributed by atoms with Gasteiger partial charge in [-0.05, 0) is 53.4 Å². The second-order valence-electron chi connectivity index (χ2n) is 18.6. The highest BCUT2D eigenvalue weighted by molar-refractivity contribution is 6.77. The molecule has 0 aromatic heterocycles. The molecule has 6 rings (SSSR count). The van der Waals surface area contributed by atoms with Crippen LogP contribution in [0.2, 0.25) is 16.6 Å². The zero-order chi connectivity index (χ0) is 45.6. The van der Waals surface area contributed by atoms with Gasteiger partial charge in [-0.25, -0.2) is 9.98 Å². The first-order valence-corrected chi connectivity index (χ1v) is 24.8. The number of rotatable bonds is 11. The number of nitrogens with one attached hydrogen (secondary N) is 4. The van der Waals surface area contributed by atoms with Gasteiger partial charge in [-0.15, -0.1) is 0 Å². The van der Waals surface area contributed by atoms with Crippen LogP contribution in [0.5, 0.6) is 0 Å². The Bertz CT molecular complexity index is 1990. The summed E-state index contributed by atoms with van der Waals surface area (Å²) in [4.78, 5) is 83.1. The predicted molar refractivity (Wildman–Crippen MR) is 244 cm³/mol. The van der Waals surface area contributed by atoms with Gasteiger partial charge in [0.05, 0.1) is 6.10 Å². The first kappa shape index (κ1) is 47.4. The molecule has 5 amide bonds. The molecule has 0 unspecified atom stereocenters. The molecule has 8 atom stereocenters. The molecule has 0 spiro atoms. The van der Waals surface area contributed by atoms with Crippen molar-refractivity contribution >= 4 is 49.6 Å². The zero-order valence-electron chi connectivity index (χ0n) is 38.3. The van der Waals surface area contributed by atoms with E-state index in [4.69, 9.17) is 18.9 Å². The van der Waals surface area contributed by atoms with Crippen molar-refractivity contribution in [3.63, 3.8) is 0 Å². The molecule has 0 saturated carbocycles. The summed E-state index contributed by atoms with van der Waals surface area (Å²) in [5.74, 6) is -2.23. The molecule has 2 aromatic carbocycles. The summed E-state index contributed by atoms with van der Waals surface area (Å²) in [6.07, 6.45) is 0.637. The lowest BCUT2D eigenvalue weighted by atomic mass is 10.0. The number of carbonyl (C=O) groups excluding carboxylic acids is 5. The van der Waals surface area contributed by atoms with Crippen molar-refractivity contribution in [3.05, 3.63) is 71.8 Å². The van der Waals surface area contributed by atoms with E-state index in [2.05, 4.69) is 67.8 Å². The molecule has 63 heavy (non-hydrogen) atoms. The van der Waals surface area contributed by atoms with Crippen LogP contribution in [0.1, 0.15) is 86.3 Å². The van der Waals surface area contributed by atoms with E-state index in [0.29, 0.717) is 19.3 Å². The molecule has 15 nitrogen and oxygen atoms in total. The molecule has 4 aliphatic heterocycles. The maximum atomic E-state index is 14.8. The molecular weight excluding hydrogens is 819 g/mol. The fourth-order valence-electron chi connectivity index (χ4n) is 9.75. The van der Waals surface area contributed by atoms with E-state index in [-0.39, 0.29) is 60.5 Å². The summed E-state index contributed by atoms with van der Waals surface area (Å²) >= 11 is 0. The fourth-order valence-corrected chi connectivity index (χ4v) is 15.3. The third-order valence-electron chi connectivity index (χ3n) is 13.0. The first-order valence-electron chi connectivity index (χ1n) is 22.7. The highest BCUT2D eigenvalue weighted by Crippen LogP contribution is 2.43. The Hall–Kier alpha value is -5.09. The number of fused-ring (bicyclic) bond motifs is 3. The van der Waals surface area contributed by atoms with Crippen molar-refractivity contribution in [1.82, 2.24) is 26.2 Å². The molecule has 2 aromatic rings. The Balaban J connectivity index is 1.40. The maximum absolute atomic E-state index is 14.8. The summed E-state index contributed by atoms with van der Waals surface area (Å²) in [6, 6.07) is 12.3. The Morgan fingerprint density at radius 1 is 0.635 bits per heavy atom. The summed E-state index contributed by atoms with van der Waals surface area (Å²) in [7, 11) is -2.58. The number of aliphatic imine (C=N–C) groups is 2. The van der Waals surface area contributed by atoms with Crippen LogP contribution < -0.4 is 21.3 Å². The quantitative estimate of drug-likeness (QED) is 0.241. The van der Waals surface area contributed by atoms with Gasteiger partial charge in [-0.1, -0.05) is 116 Å². The van der Waals surface area contributed by atoms with Gasteiger partial charge >= 0.3 is 0 Å². The van der Waals surface area contributed by atoms with Crippen LogP contribution in [-0.4, -0.2) is 123 Å². The van der Waals surface area contributed by atoms with Gasteiger partial charge in [0.2, 0.25) is 49.6 Å². The maximum Gasteiger partial charge on any atom is 0.249 e. The van der Waals surface area contributed by atoms with E-state index in [1.807, 2.05) is 81.4 Å². The van der Waals surface area contributed by atoms with Crippen molar-refractivity contribution in [3.8, 4) is 0 Å². The van der Waals surface area contributed by atoms with Crippen LogP contribution in [0.15, 0.2) is 70.6 Å². The second kappa shape index (κ2) is 20.6. The molecular formula is C47H67N7O8Si. The minimum absolute atomic E-state index is 0.0595. The normalized spacial score (nSPS) is 26.8. The van der Waals surface area contributed by atoms with Crippen LogP contribution in [0.4, 0.5) is 0 Å². The van der Waals surface area contributed by atoms with E-state index in [0.717, 1.165) is 11.1 Å². The third kappa shape index (κ3) is 10.8. The molecule has 0 radical (unpaired) electrons. The van der Waals surface area contributed by atoms with E-state index in [1.54, 1.807) is 0 Å². The number of nitrogens with zero attached hydrogens (tertiary/aromatic N) is 3. The van der Waals surface area contributed by atoms with Gasteiger partial charge in [-0.2, -0.15) is 0 Å². The average Bonchev–Trinajstić information content (AvgIpc) is 4.05. The molecule has 4 heterocycles. The van der Waals surface area contributed by atoms with Crippen molar-refractivity contribution in [2.24, 2.45) is 15.9 Å². The van der Waals surface area contributed by atoms with Gasteiger partial charge in [0.15, 0.2) is 12.1 Å². The minimum Gasteiger partial charge on any atom is -0.477 e. The summed E-state index contributed by atoms with van der Waals surface area (Å²) < 4.78 is 19.2. The fraction of sp³-hybridized carbons (Fsp3) is 0.596. The number of benzene rings is 2. The molecule has 16 heteroatoms. The van der Waals surface area contributed by atoms with Crippen LogP contribution in [0.25, 0.3) is 0 Å². The van der Waals surface area contributed by atoms with Crippen molar-refractivity contribution in [1.29, 1.82) is 0 Å². The molecule has 4 bridgehead atoms. The Kier molecular flexibility index (Phi) is 15.5. The molecule has 0 aliphatic carbocycles. The Morgan fingerprint density at radius 2 is 1.13 bits per heavy atom. The molecule has 1 fully saturated rings. The van der Waals surface area contributed by atoms with Crippen LogP contribution >= 0.6 is 0 Å². The first-order chi connectivity index (χ1) is 30.0. The highest BCUT2D eigenvalue weighted by atomic mass is 28.4. The number of ether oxygens (including phenoxy) is 2. The monoisotopic (exact) mass is 885 g/mol. The molecule has 1 saturated heterocycles. The Morgan fingerprint density at radius 3 is 1.67 bits per heavy atom. The highest BCUT2D eigenvalue weighted by Gasteiger charge is 2.49. The summed E-state index contributed by atoms with van der Waals surface area (Å²) in [6.45, 7) is 18.7. The lowest BCUT2D eigenvalue weighted by molar-refractivity contribution is -0.142. The topological polar surface area (TPSA) is 189 Å². The van der Waals surface area contributed by atoms with E-state index in [9.17, 15) is 24.0 Å². The predicted octanol–water partition coefficient (Wildman–Crippen LogP) is 4.25. The lowest BCUT2D eigenvalue weighted by Gasteiger charge is -2.45. The Labute approximate surface area is 373 Å². The van der Waals surface area contributed by atoms with Crippen LogP contribution in [0.3, 0.4) is 0 Å². The minimum atomic E-state index is -2.58. The lowest BCUT2D eigenvalue weighted by Crippen LogP contribution is -2.62. The van der Waals surface area contributed by atoms with Gasteiger partial charge in [-0.3, -0.25) is 24.0 Å². The van der Waals surface area contributed by atoms with Gasteiger partial charge < -0.3 is 40.1 Å². The molecule has 4 N–H and O–H groups in total. The number of amides is 5. The van der Waals surface area contributed by atoms with Gasteiger partial charge in [0.1, 0.15) is 43.4 Å². The number of hydrogen-bond acceptors (Lipinski definition) is 10. The van der Waals surface area contributed by atoms with Crippen molar-refractivity contribution < 1.29 is 37.9 Å². The molecule has 342 valence electrons. The largest absolute Gasteiger partial charge is 0.477 e. The van der Waals surface area contributed by atoms with E-state index >= 15 is 0 Å². The molecule has 4 aliphatic rings. The zero-order valence-corrected chi connectivity index (χ0v) is 39.3. The van der Waals surface area contributed by atoms with Crippen molar-refractivity contribution in [2.45, 2.75) is 153 Å². The van der Waals surface area contributed by atoms with Crippen LogP contribution in [-0.2, 0) is 50.7 Å². The smallest absolute Gasteiger partial charge is 0.249 e. The SMILES string of the molecule is CC(C)[C@H]1NC(=O)[C@H]([C@H](C)O[Si](C(C)C)(C(C)C)C(C)C)NC(=O)[C@@H]2CCCN2C(=O)[C@H](Cc2ccccc2)NC(=O)[C@@H]2COC(=N2)[C@@H](Cc2ccccc2)NC(=O)[C@@H]2COC1=N2. The summed E-state index contributed by atoms with van der Waals surface area (Å²) in [5, 5.41) is 12.2. The van der Waals surface area contributed by atoms with E-state index < -0.39 is 86.3 Å². The van der Waals surface area contributed by atoms with Crippen molar-refractivity contribution in [2.75, 3.05) is 19.8 Å². The standard InChI is InChI=1S/C47H67N7O8Si/c1-27(2)39-46-51-37(26-61-46)41(55)48-34(23-32-17-12-10-13-18-32)45-50-36(25-60-45)42(56)49-35(24-33-19-14-11-15-20-33)47(59)54-22-16-21-38(54)43(57)53-40(44(58)52-39)31(9)62-63(28(3)4,29(5)6)30(7)8/h10-15,17-20,27-31,34-40H,16,21-26H2,1-9H3,(H,48,55)(H,49,56)(H,52,58)(H,53,57)/t31-,34+,35-,36-,37-,38-,39+,40-/m0/s1. The van der Waals surface area contributed by atoms with Crippen LogP contribution in [0, 0.1) is 5.92 Å². The van der Waals surface area contributed by atoms with Gasteiger partial charge in [0, 0.05) is 19.4 Å². The number of carbonyl (C=O) groups is 5. The number of hydrogen-bond donors (Lipinski definition) is 4.